The summed E-state index contributed by atoms with van der Waals surface area (Å²) in [7, 11) is -3.67. The van der Waals surface area contributed by atoms with Gasteiger partial charge >= 0.3 is 0 Å². The number of ether oxygens (including phenoxy) is 2. The molecule has 0 unspecified atom stereocenters. The average Bonchev–Trinajstić information content (AvgIpc) is 2.72. The Hall–Kier alpha value is -2.78. The summed E-state index contributed by atoms with van der Waals surface area (Å²) in [6.07, 6.45) is 1.03. The number of nitrogens with one attached hydrogen (secondary N) is 1. The molecule has 2 aromatic carbocycles. The molecule has 0 radical (unpaired) electrons. The van der Waals surface area contributed by atoms with E-state index in [1.165, 1.54) is 0 Å². The van der Waals surface area contributed by atoms with Crippen LogP contribution in [-0.4, -0.2) is 59.5 Å². The molecule has 0 saturated carbocycles. The second kappa shape index (κ2) is 10.0. The molecule has 1 amide bonds. The van der Waals surface area contributed by atoms with Crippen molar-refractivity contribution in [1.82, 2.24) is 0 Å². The molecule has 1 heterocycles. The van der Waals surface area contributed by atoms with Crippen molar-refractivity contribution in [2.75, 3.05) is 53.6 Å². The number of amides is 1. The fraction of sp³-hybridized carbons (Fsp3) is 0.409. The lowest BCUT2D eigenvalue weighted by molar-refractivity contribution is -0.114. The fourth-order valence-electron chi connectivity index (χ4n) is 3.29. The van der Waals surface area contributed by atoms with Gasteiger partial charge in [0, 0.05) is 30.5 Å². The summed E-state index contributed by atoms with van der Waals surface area (Å²) < 4.78 is 36.8. The van der Waals surface area contributed by atoms with E-state index in [2.05, 4.69) is 10.2 Å². The molecule has 0 bridgehead atoms. The Balaban J connectivity index is 1.69. The minimum absolute atomic E-state index is 0.0503. The van der Waals surface area contributed by atoms with Crippen LogP contribution in [-0.2, 0) is 19.6 Å². The highest BCUT2D eigenvalue weighted by molar-refractivity contribution is 7.92. The van der Waals surface area contributed by atoms with Gasteiger partial charge in [0.25, 0.3) is 0 Å². The maximum atomic E-state index is 12.6. The van der Waals surface area contributed by atoms with Crippen LogP contribution in [0.2, 0.25) is 0 Å². The summed E-state index contributed by atoms with van der Waals surface area (Å²) in [6.45, 7) is 6.49. The number of hydrogen-bond acceptors (Lipinski definition) is 6. The molecule has 0 aromatic heterocycles. The average molecular weight is 448 g/mol. The number of morpholine rings is 1. The molecule has 3 rings (SSSR count). The molecule has 0 spiro atoms. The first-order chi connectivity index (χ1) is 14.7. The molecule has 1 aliphatic heterocycles. The molecule has 1 fully saturated rings. The largest absolute Gasteiger partial charge is 0.491 e. The second-order valence-corrected chi connectivity index (χ2v) is 9.53. The van der Waals surface area contributed by atoms with Gasteiger partial charge in [-0.2, -0.15) is 0 Å². The van der Waals surface area contributed by atoms with Crippen LogP contribution in [0.1, 0.15) is 13.8 Å². The first kappa shape index (κ1) is 22.9. The third kappa shape index (κ3) is 6.60. The molecule has 0 atom stereocenters. The summed E-state index contributed by atoms with van der Waals surface area (Å²) in [5, 5.41) is 2.77. The van der Waals surface area contributed by atoms with Gasteiger partial charge in [0.05, 0.1) is 31.3 Å². The molecule has 1 N–H and O–H groups in total. The molecule has 31 heavy (non-hydrogen) atoms. The lowest BCUT2D eigenvalue weighted by Gasteiger charge is -2.29. The number of carbonyl (C=O) groups is 1. The van der Waals surface area contributed by atoms with Gasteiger partial charge in [0.15, 0.2) is 0 Å². The minimum Gasteiger partial charge on any atom is -0.491 e. The van der Waals surface area contributed by atoms with Gasteiger partial charge in [-0.25, -0.2) is 8.42 Å². The number of hydrogen-bond donors (Lipinski definition) is 1. The Labute approximate surface area is 183 Å². The molecular weight excluding hydrogens is 418 g/mol. The molecular formula is C22H29N3O5S. The van der Waals surface area contributed by atoms with E-state index in [1.54, 1.807) is 24.3 Å². The van der Waals surface area contributed by atoms with Crippen molar-refractivity contribution >= 4 is 33.0 Å². The minimum atomic E-state index is -3.67. The van der Waals surface area contributed by atoms with E-state index in [0.29, 0.717) is 30.3 Å². The van der Waals surface area contributed by atoms with E-state index in [-0.39, 0.29) is 12.6 Å². The zero-order valence-corrected chi connectivity index (χ0v) is 18.9. The first-order valence-electron chi connectivity index (χ1n) is 10.2. The van der Waals surface area contributed by atoms with Gasteiger partial charge in [-0.15, -0.1) is 0 Å². The van der Waals surface area contributed by atoms with Crippen LogP contribution < -0.4 is 19.3 Å². The summed E-state index contributed by atoms with van der Waals surface area (Å²) in [6, 6.07) is 14.2. The third-order valence-electron chi connectivity index (χ3n) is 4.69. The van der Waals surface area contributed by atoms with Crippen LogP contribution in [0.5, 0.6) is 5.75 Å². The lowest BCUT2D eigenvalue weighted by Crippen LogP contribution is -2.37. The Bertz CT molecular complexity index is 986. The fourth-order valence-corrected chi connectivity index (χ4v) is 4.14. The standard InChI is InChI=1S/C22H29N3O5S/c1-17(2)30-21-6-4-5-20(15-21)25(31(3,27)28)16-22(26)23-18-7-9-19(10-8-18)24-11-13-29-14-12-24/h4-10,15,17H,11-14,16H2,1-3H3,(H,23,26). The van der Waals surface area contributed by atoms with Crippen LogP contribution in [0.4, 0.5) is 17.1 Å². The van der Waals surface area contributed by atoms with Crippen LogP contribution in [0, 0.1) is 0 Å². The zero-order chi connectivity index (χ0) is 22.4. The van der Waals surface area contributed by atoms with Crippen molar-refractivity contribution in [1.29, 1.82) is 0 Å². The first-order valence-corrected chi connectivity index (χ1v) is 12.0. The van der Waals surface area contributed by atoms with Crippen molar-refractivity contribution in [2.45, 2.75) is 20.0 Å². The Morgan fingerprint density at radius 3 is 2.45 bits per heavy atom. The summed E-state index contributed by atoms with van der Waals surface area (Å²) in [5.41, 5.74) is 2.03. The van der Waals surface area contributed by atoms with Crippen molar-refractivity contribution < 1.29 is 22.7 Å². The van der Waals surface area contributed by atoms with Crippen molar-refractivity contribution in [2.24, 2.45) is 0 Å². The quantitative estimate of drug-likeness (QED) is 0.670. The van der Waals surface area contributed by atoms with E-state index >= 15 is 0 Å². The molecule has 8 nitrogen and oxygen atoms in total. The Kier molecular flexibility index (Phi) is 7.40. The third-order valence-corrected chi connectivity index (χ3v) is 5.83. The highest BCUT2D eigenvalue weighted by Gasteiger charge is 2.21. The van der Waals surface area contributed by atoms with Crippen LogP contribution >= 0.6 is 0 Å². The monoisotopic (exact) mass is 447 g/mol. The highest BCUT2D eigenvalue weighted by atomic mass is 32.2. The number of benzene rings is 2. The zero-order valence-electron chi connectivity index (χ0n) is 18.1. The topological polar surface area (TPSA) is 88.2 Å². The number of nitrogens with zero attached hydrogens (tertiary/aromatic N) is 2. The second-order valence-electron chi connectivity index (χ2n) is 7.63. The molecule has 2 aromatic rings. The summed E-state index contributed by atoms with van der Waals surface area (Å²) in [4.78, 5) is 14.8. The molecule has 1 saturated heterocycles. The number of carbonyl (C=O) groups excluding carboxylic acids is 1. The van der Waals surface area contributed by atoms with Crippen molar-refractivity contribution in [3.05, 3.63) is 48.5 Å². The number of rotatable bonds is 8. The van der Waals surface area contributed by atoms with Gasteiger partial charge in [-0.3, -0.25) is 9.10 Å². The highest BCUT2D eigenvalue weighted by Crippen LogP contribution is 2.24. The van der Waals surface area contributed by atoms with E-state index in [1.807, 2.05) is 38.1 Å². The van der Waals surface area contributed by atoms with Gasteiger partial charge in [0.1, 0.15) is 12.3 Å². The Morgan fingerprint density at radius 2 is 1.84 bits per heavy atom. The number of sulfonamides is 1. The SMILES string of the molecule is CC(C)Oc1cccc(N(CC(=O)Nc2ccc(N3CCOCC3)cc2)S(C)(=O)=O)c1. The molecule has 9 heteroatoms. The molecule has 0 aliphatic carbocycles. The normalized spacial score (nSPS) is 14.4. The smallest absolute Gasteiger partial charge is 0.245 e. The van der Waals surface area contributed by atoms with Gasteiger partial charge < -0.3 is 19.7 Å². The number of anilines is 3. The molecule has 1 aliphatic rings. The van der Waals surface area contributed by atoms with E-state index in [0.717, 1.165) is 29.3 Å². The van der Waals surface area contributed by atoms with Gasteiger partial charge in [-0.05, 0) is 50.2 Å². The van der Waals surface area contributed by atoms with Gasteiger partial charge in [-0.1, -0.05) is 6.07 Å². The maximum Gasteiger partial charge on any atom is 0.245 e. The van der Waals surface area contributed by atoms with Crippen LogP contribution in [0.25, 0.3) is 0 Å². The van der Waals surface area contributed by atoms with Crippen LogP contribution in [0.3, 0.4) is 0 Å². The predicted octanol–water partition coefficient (Wildman–Crippen LogP) is 2.72. The van der Waals surface area contributed by atoms with Crippen LogP contribution in [0.15, 0.2) is 48.5 Å². The van der Waals surface area contributed by atoms with Gasteiger partial charge in [0.2, 0.25) is 15.9 Å². The van der Waals surface area contributed by atoms with Crippen molar-refractivity contribution in [3.8, 4) is 5.75 Å². The van der Waals surface area contributed by atoms with Crippen molar-refractivity contribution in [3.63, 3.8) is 0 Å². The van der Waals surface area contributed by atoms with E-state index in [9.17, 15) is 13.2 Å². The summed E-state index contributed by atoms with van der Waals surface area (Å²) >= 11 is 0. The maximum absolute atomic E-state index is 12.6. The lowest BCUT2D eigenvalue weighted by atomic mass is 10.2. The summed E-state index contributed by atoms with van der Waals surface area (Å²) in [5.74, 6) is 0.111. The molecule has 168 valence electrons. The van der Waals surface area contributed by atoms with E-state index < -0.39 is 15.9 Å². The Morgan fingerprint density at radius 1 is 1.16 bits per heavy atom. The predicted molar refractivity (Wildman–Crippen MR) is 122 cm³/mol. The van der Waals surface area contributed by atoms with E-state index in [4.69, 9.17) is 9.47 Å².